The summed E-state index contributed by atoms with van der Waals surface area (Å²) in [6.45, 7) is 10.4. The number of allylic oxidation sites excluding steroid dienone is 4. The van der Waals surface area contributed by atoms with Crippen LogP contribution in [-0.2, 0) is 14.3 Å². The molecular formula is C33H40F2O5. The number of ketones is 2. The zero-order chi connectivity index (χ0) is 29.4. The highest BCUT2D eigenvalue weighted by molar-refractivity contribution is 6.14. The third-order valence-corrected chi connectivity index (χ3v) is 10.8. The summed E-state index contributed by atoms with van der Waals surface area (Å²) in [7, 11) is 0. The molecule has 0 bridgehead atoms. The normalized spacial score (nSPS) is 40.8. The van der Waals surface area contributed by atoms with Gasteiger partial charge in [-0.1, -0.05) is 57.2 Å². The number of halogens is 2. The fraction of sp³-hybridized carbons (Fsp3) is 0.606. The Bertz CT molecular complexity index is 1300. The molecule has 7 heteroatoms. The van der Waals surface area contributed by atoms with E-state index in [-0.39, 0.29) is 54.0 Å². The quantitative estimate of drug-likeness (QED) is 0.349. The topological polar surface area (TPSA) is 80.7 Å². The molecule has 1 N–H and O–H groups in total. The largest absolute Gasteiger partial charge is 0.461 e. The van der Waals surface area contributed by atoms with E-state index in [4.69, 9.17) is 4.74 Å². The van der Waals surface area contributed by atoms with Gasteiger partial charge in [0.05, 0.1) is 11.5 Å². The lowest BCUT2D eigenvalue weighted by Crippen LogP contribution is -2.68. The van der Waals surface area contributed by atoms with Gasteiger partial charge in [-0.25, -0.2) is 8.78 Å². The molecule has 4 aliphatic carbocycles. The molecule has 0 unspecified atom stereocenters. The molecule has 0 radical (unpaired) electrons. The van der Waals surface area contributed by atoms with E-state index < -0.39 is 52.0 Å². The Kier molecular flexibility index (Phi) is 6.80. The molecule has 1 aromatic carbocycles. The number of fused-ring (bicyclic) bond motifs is 5. The average molecular weight is 555 g/mol. The third-order valence-electron chi connectivity index (χ3n) is 10.8. The van der Waals surface area contributed by atoms with E-state index in [1.165, 1.54) is 12.2 Å². The smallest absolute Gasteiger partial charge is 0.305 e. The van der Waals surface area contributed by atoms with Crippen molar-refractivity contribution >= 4 is 17.5 Å². The number of ether oxygens (including phenoxy) is 1. The Balaban J connectivity index is 1.60. The molecule has 0 heterocycles. The molecule has 3 saturated carbocycles. The Hall–Kier alpha value is -2.67. The number of aliphatic hydroxyl groups excluding tert-OH is 1. The van der Waals surface area contributed by atoms with Crippen molar-refractivity contribution in [3.8, 4) is 0 Å². The van der Waals surface area contributed by atoms with E-state index in [1.54, 1.807) is 58.0 Å². The monoisotopic (exact) mass is 554 g/mol. The summed E-state index contributed by atoms with van der Waals surface area (Å²) >= 11 is 0. The number of alkyl halides is 2. The van der Waals surface area contributed by atoms with Crippen LogP contribution in [0.15, 0.2) is 53.6 Å². The maximum absolute atomic E-state index is 17.9. The van der Waals surface area contributed by atoms with Crippen LogP contribution in [0.5, 0.6) is 0 Å². The summed E-state index contributed by atoms with van der Waals surface area (Å²) in [5.74, 6) is -2.45. The van der Waals surface area contributed by atoms with Crippen molar-refractivity contribution in [2.24, 2.45) is 34.0 Å². The summed E-state index contributed by atoms with van der Waals surface area (Å²) in [6.07, 6.45) is -0.351. The number of hydrogen-bond acceptors (Lipinski definition) is 5. The first kappa shape index (κ1) is 28.8. The summed E-state index contributed by atoms with van der Waals surface area (Å²) < 4.78 is 39.8. The van der Waals surface area contributed by atoms with E-state index in [1.807, 2.05) is 13.8 Å². The zero-order valence-electron chi connectivity index (χ0n) is 24.2. The lowest BCUT2D eigenvalue weighted by molar-refractivity contribution is -0.212. The molecule has 0 spiro atoms. The van der Waals surface area contributed by atoms with Gasteiger partial charge in [0.2, 0.25) is 0 Å². The molecule has 0 aromatic heterocycles. The van der Waals surface area contributed by atoms with Crippen molar-refractivity contribution < 1.29 is 33.0 Å². The van der Waals surface area contributed by atoms with Crippen molar-refractivity contribution in [2.45, 2.75) is 91.3 Å². The standard InChI is InChI=1S/C33H40F2O5/c1-7-27(38)40-29-18(2)13-20-21-14-24(34)22-15-25(36)23(30(3,4)28(39)19-11-9-8-10-12-19)16-32(22,6)33(21,35)26(37)17-31(20,29)5/h8-12,15-16,18,20-21,24,26,29,37H,7,13-14,17H2,1-6H3/t18-,20+,21+,24+,26+,29+,31+,32+,33+/m1/s1. The Morgan fingerprint density at radius 1 is 1.12 bits per heavy atom. The van der Waals surface area contributed by atoms with Crippen LogP contribution >= 0.6 is 0 Å². The number of benzene rings is 1. The van der Waals surface area contributed by atoms with Gasteiger partial charge in [0.15, 0.2) is 17.2 Å². The first-order valence-electron chi connectivity index (χ1n) is 14.4. The van der Waals surface area contributed by atoms with Crippen LogP contribution in [0.2, 0.25) is 0 Å². The molecule has 4 aliphatic rings. The maximum atomic E-state index is 17.9. The number of carbonyl (C=O) groups excluding carboxylic acids is 3. The van der Waals surface area contributed by atoms with Crippen molar-refractivity contribution in [1.82, 2.24) is 0 Å². The Labute approximate surface area is 235 Å². The summed E-state index contributed by atoms with van der Waals surface area (Å²) in [5.41, 5.74) is -5.42. The van der Waals surface area contributed by atoms with Crippen molar-refractivity contribution in [3.05, 3.63) is 59.2 Å². The molecular weight excluding hydrogens is 514 g/mol. The van der Waals surface area contributed by atoms with Crippen LogP contribution in [0.4, 0.5) is 8.78 Å². The molecule has 0 aliphatic heterocycles. The first-order valence-corrected chi connectivity index (χ1v) is 14.4. The van der Waals surface area contributed by atoms with Gasteiger partial charge < -0.3 is 9.84 Å². The number of esters is 1. The van der Waals surface area contributed by atoms with Gasteiger partial charge in [-0.2, -0.15) is 0 Å². The molecule has 0 amide bonds. The van der Waals surface area contributed by atoms with Crippen LogP contribution < -0.4 is 0 Å². The van der Waals surface area contributed by atoms with E-state index in [9.17, 15) is 19.5 Å². The molecule has 5 nitrogen and oxygen atoms in total. The molecule has 216 valence electrons. The van der Waals surface area contributed by atoms with E-state index in [0.717, 1.165) is 0 Å². The lowest BCUT2D eigenvalue weighted by atomic mass is 9.44. The highest BCUT2D eigenvalue weighted by Crippen LogP contribution is 2.69. The maximum Gasteiger partial charge on any atom is 0.305 e. The molecule has 5 rings (SSSR count). The van der Waals surface area contributed by atoms with Gasteiger partial charge >= 0.3 is 5.97 Å². The van der Waals surface area contributed by atoms with Crippen LogP contribution in [0.25, 0.3) is 0 Å². The van der Waals surface area contributed by atoms with Crippen LogP contribution in [0.1, 0.15) is 77.6 Å². The van der Waals surface area contributed by atoms with E-state index >= 15 is 8.78 Å². The second kappa shape index (κ2) is 9.43. The number of carbonyl (C=O) groups is 3. The number of hydrogen-bond donors (Lipinski definition) is 1. The SMILES string of the molecule is CCC(=O)O[C@H]1[C@H](C)C[C@H]2[C@@H]3C[C@H](F)C4=CC(=O)C(C(C)(C)C(=O)c5ccccc5)=C[C@]4(C)[C@@]3(F)[C@@H](O)C[C@@]21C. The van der Waals surface area contributed by atoms with E-state index in [2.05, 4.69) is 0 Å². The summed E-state index contributed by atoms with van der Waals surface area (Å²) in [4.78, 5) is 39.3. The van der Waals surface area contributed by atoms with Crippen LogP contribution in [-0.4, -0.2) is 46.7 Å². The van der Waals surface area contributed by atoms with Crippen molar-refractivity contribution in [1.29, 1.82) is 0 Å². The molecule has 0 saturated heterocycles. The first-order chi connectivity index (χ1) is 18.6. The number of aliphatic hydroxyl groups is 1. The second-order valence-electron chi connectivity index (χ2n) is 13.4. The summed E-state index contributed by atoms with van der Waals surface area (Å²) in [6, 6.07) is 8.59. The summed E-state index contributed by atoms with van der Waals surface area (Å²) in [5, 5.41) is 11.7. The highest BCUT2D eigenvalue weighted by atomic mass is 19.1. The average Bonchev–Trinajstić information content (AvgIpc) is 3.15. The van der Waals surface area contributed by atoms with E-state index in [0.29, 0.717) is 12.0 Å². The Morgan fingerprint density at radius 3 is 2.40 bits per heavy atom. The van der Waals surface area contributed by atoms with Gasteiger partial charge in [0, 0.05) is 34.3 Å². The lowest BCUT2D eigenvalue weighted by Gasteiger charge is -2.62. The fourth-order valence-electron chi connectivity index (χ4n) is 8.66. The Morgan fingerprint density at radius 2 is 1.77 bits per heavy atom. The molecule has 1 aromatic rings. The minimum atomic E-state index is -2.28. The number of Topliss-reactive ketones (excluding diaryl/α,β-unsaturated/α-hetero) is 1. The third kappa shape index (κ3) is 3.83. The second-order valence-corrected chi connectivity index (χ2v) is 13.4. The zero-order valence-corrected chi connectivity index (χ0v) is 24.2. The van der Waals surface area contributed by atoms with Crippen molar-refractivity contribution in [3.63, 3.8) is 0 Å². The van der Waals surface area contributed by atoms with Crippen molar-refractivity contribution in [2.75, 3.05) is 0 Å². The highest BCUT2D eigenvalue weighted by Gasteiger charge is 2.73. The molecule has 40 heavy (non-hydrogen) atoms. The fourth-order valence-corrected chi connectivity index (χ4v) is 8.66. The van der Waals surface area contributed by atoms with Gasteiger partial charge in [0.25, 0.3) is 0 Å². The minimum Gasteiger partial charge on any atom is -0.461 e. The molecule has 3 fully saturated rings. The number of rotatable bonds is 5. The van der Waals surface area contributed by atoms with Crippen LogP contribution in [0, 0.1) is 34.0 Å². The predicted molar refractivity (Wildman–Crippen MR) is 147 cm³/mol. The van der Waals surface area contributed by atoms with Gasteiger partial charge in [-0.3, -0.25) is 14.4 Å². The minimum absolute atomic E-state index is 0.0191. The van der Waals surface area contributed by atoms with Gasteiger partial charge in [-0.15, -0.1) is 0 Å². The van der Waals surface area contributed by atoms with Gasteiger partial charge in [0.1, 0.15) is 12.3 Å². The van der Waals surface area contributed by atoms with Crippen LogP contribution in [0.3, 0.4) is 0 Å². The predicted octanol–water partition coefficient (Wildman–Crippen LogP) is 6.15. The molecule has 9 atom stereocenters. The van der Waals surface area contributed by atoms with Gasteiger partial charge in [-0.05, 0) is 63.5 Å².